The van der Waals surface area contributed by atoms with Crippen LogP contribution in [0.5, 0.6) is 0 Å². The number of thioether (sulfide) groups is 1. The van der Waals surface area contributed by atoms with E-state index in [2.05, 4.69) is 66.8 Å². The van der Waals surface area contributed by atoms with Gasteiger partial charge in [-0.25, -0.2) is 0 Å². The Labute approximate surface area is 145 Å². The van der Waals surface area contributed by atoms with E-state index in [1.165, 1.54) is 44.4 Å². The van der Waals surface area contributed by atoms with Crippen molar-refractivity contribution in [1.29, 1.82) is 0 Å². The van der Waals surface area contributed by atoms with Crippen LogP contribution in [-0.2, 0) is 10.2 Å². The highest BCUT2D eigenvalue weighted by Crippen LogP contribution is 2.52. The molecule has 0 radical (unpaired) electrons. The zero-order valence-electron chi connectivity index (χ0n) is 13.4. The Bertz CT molecular complexity index is 1090. The Hall–Kier alpha value is -2.32. The molecule has 0 N–H and O–H groups in total. The van der Waals surface area contributed by atoms with Crippen molar-refractivity contribution in [1.82, 2.24) is 0 Å². The minimum absolute atomic E-state index is 0.248. The number of hydrogen-bond acceptors (Lipinski definition) is 2. The third kappa shape index (κ3) is 1.59. The van der Waals surface area contributed by atoms with Crippen molar-refractivity contribution in [2.45, 2.75) is 11.8 Å². The Balaban J connectivity index is 1.88. The minimum Gasteiger partial charge on any atom is -0.286 e. The Morgan fingerprint density at radius 3 is 2.71 bits per heavy atom. The standard InChI is InChI=1S/C22H16OS/c1-24-21(23)22-12-4-6-15(22)13-19-18-9-8-14-5-2-3-7-16(14)17(18)10-11-20(19)22/h2-11,13H,12H2,1H3. The van der Waals surface area contributed by atoms with Crippen LogP contribution in [0.4, 0.5) is 0 Å². The first-order valence-electron chi connectivity index (χ1n) is 8.18. The summed E-state index contributed by atoms with van der Waals surface area (Å²) in [6, 6.07) is 17.2. The number of rotatable bonds is 1. The first kappa shape index (κ1) is 14.1. The quantitative estimate of drug-likeness (QED) is 0.550. The molecule has 1 atom stereocenters. The molecule has 0 spiro atoms. The van der Waals surface area contributed by atoms with E-state index in [-0.39, 0.29) is 5.12 Å². The molecule has 116 valence electrons. The highest BCUT2D eigenvalue weighted by atomic mass is 32.2. The Kier molecular flexibility index (Phi) is 2.84. The van der Waals surface area contributed by atoms with E-state index in [0.29, 0.717) is 0 Å². The van der Waals surface area contributed by atoms with Gasteiger partial charge in [0.05, 0.1) is 5.41 Å². The van der Waals surface area contributed by atoms with Gasteiger partial charge in [-0.3, -0.25) is 4.79 Å². The molecule has 3 aromatic carbocycles. The van der Waals surface area contributed by atoms with Crippen LogP contribution in [0.3, 0.4) is 0 Å². The summed E-state index contributed by atoms with van der Waals surface area (Å²) in [7, 11) is 0. The van der Waals surface area contributed by atoms with Gasteiger partial charge in [0.25, 0.3) is 0 Å². The maximum absolute atomic E-state index is 12.8. The van der Waals surface area contributed by atoms with Crippen LogP contribution in [0.1, 0.15) is 17.5 Å². The molecule has 1 unspecified atom stereocenters. The molecule has 2 heteroatoms. The van der Waals surface area contributed by atoms with Gasteiger partial charge in [0.1, 0.15) is 0 Å². The number of carbonyl (C=O) groups excluding carboxylic acids is 1. The van der Waals surface area contributed by atoms with Crippen LogP contribution in [0.2, 0.25) is 0 Å². The highest BCUT2D eigenvalue weighted by Gasteiger charge is 2.48. The van der Waals surface area contributed by atoms with Crippen LogP contribution in [0.25, 0.3) is 27.6 Å². The Morgan fingerprint density at radius 1 is 1.00 bits per heavy atom. The van der Waals surface area contributed by atoms with Gasteiger partial charge in [-0.1, -0.05) is 72.4 Å². The molecule has 0 aromatic heterocycles. The van der Waals surface area contributed by atoms with E-state index in [1.54, 1.807) is 0 Å². The van der Waals surface area contributed by atoms with Crippen molar-refractivity contribution in [3.05, 3.63) is 77.4 Å². The fourth-order valence-corrected chi connectivity index (χ4v) is 5.00. The van der Waals surface area contributed by atoms with E-state index >= 15 is 0 Å². The van der Waals surface area contributed by atoms with Crippen LogP contribution in [-0.4, -0.2) is 11.4 Å². The molecule has 24 heavy (non-hydrogen) atoms. The largest absolute Gasteiger partial charge is 0.286 e. The van der Waals surface area contributed by atoms with E-state index in [0.717, 1.165) is 12.0 Å². The van der Waals surface area contributed by atoms with Gasteiger partial charge < -0.3 is 0 Å². The lowest BCUT2D eigenvalue weighted by Gasteiger charge is -2.26. The molecule has 0 amide bonds. The second-order valence-electron chi connectivity index (χ2n) is 6.51. The fraction of sp³-hybridized carbons (Fsp3) is 0.136. The number of allylic oxidation sites excluding steroid dienone is 3. The third-order valence-corrected chi connectivity index (χ3v) is 6.19. The lowest BCUT2D eigenvalue weighted by molar-refractivity contribution is -0.114. The first-order chi connectivity index (χ1) is 11.8. The molecular weight excluding hydrogens is 312 g/mol. The lowest BCUT2D eigenvalue weighted by Crippen LogP contribution is -2.31. The number of hydrogen-bond donors (Lipinski definition) is 0. The minimum atomic E-state index is -0.464. The molecule has 0 fully saturated rings. The third-order valence-electron chi connectivity index (χ3n) is 5.48. The van der Waals surface area contributed by atoms with Crippen LogP contribution in [0.15, 0.2) is 66.3 Å². The molecule has 1 nitrogen and oxygen atoms in total. The second kappa shape index (κ2) is 4.84. The Morgan fingerprint density at radius 2 is 1.83 bits per heavy atom. The molecule has 2 aliphatic rings. The molecule has 0 heterocycles. The zero-order valence-corrected chi connectivity index (χ0v) is 14.2. The van der Waals surface area contributed by atoms with Gasteiger partial charge in [-0.2, -0.15) is 0 Å². The number of carbonyl (C=O) groups is 1. The van der Waals surface area contributed by atoms with Gasteiger partial charge in [0.15, 0.2) is 0 Å². The topological polar surface area (TPSA) is 17.1 Å². The zero-order chi connectivity index (χ0) is 16.3. The summed E-state index contributed by atoms with van der Waals surface area (Å²) in [6.07, 6.45) is 9.16. The molecule has 0 aliphatic heterocycles. The van der Waals surface area contributed by atoms with Crippen LogP contribution in [0, 0.1) is 0 Å². The maximum atomic E-state index is 12.8. The fourth-order valence-electron chi connectivity index (χ4n) is 4.34. The molecule has 2 aliphatic carbocycles. The van der Waals surface area contributed by atoms with Gasteiger partial charge in [0, 0.05) is 0 Å². The van der Waals surface area contributed by atoms with Gasteiger partial charge in [0.2, 0.25) is 5.12 Å². The van der Waals surface area contributed by atoms with Crippen molar-refractivity contribution < 1.29 is 4.79 Å². The van der Waals surface area contributed by atoms with Gasteiger partial charge in [-0.15, -0.1) is 0 Å². The van der Waals surface area contributed by atoms with Crippen LogP contribution < -0.4 is 0 Å². The van der Waals surface area contributed by atoms with Crippen molar-refractivity contribution in [2.75, 3.05) is 6.26 Å². The summed E-state index contributed by atoms with van der Waals surface area (Å²) in [6.45, 7) is 0. The SMILES string of the molecule is CSC(=O)C12CC=CC1=Cc1c2ccc2c1ccc1ccccc12. The summed E-state index contributed by atoms with van der Waals surface area (Å²) in [4.78, 5) is 12.8. The predicted octanol–water partition coefficient (Wildman–Crippen LogP) is 5.48. The monoisotopic (exact) mass is 328 g/mol. The van der Waals surface area contributed by atoms with Gasteiger partial charge in [-0.05, 0) is 57.0 Å². The molecule has 0 saturated heterocycles. The molecule has 0 bridgehead atoms. The van der Waals surface area contributed by atoms with Gasteiger partial charge >= 0.3 is 0 Å². The summed E-state index contributed by atoms with van der Waals surface area (Å²) >= 11 is 1.34. The summed E-state index contributed by atoms with van der Waals surface area (Å²) < 4.78 is 0. The number of fused-ring (bicyclic) bond motifs is 7. The normalized spacial score (nSPS) is 21.1. The summed E-state index contributed by atoms with van der Waals surface area (Å²) in [5, 5.41) is 5.28. The molecule has 0 saturated carbocycles. The maximum Gasteiger partial charge on any atom is 0.203 e. The predicted molar refractivity (Wildman–Crippen MR) is 103 cm³/mol. The summed E-state index contributed by atoms with van der Waals surface area (Å²) in [5.74, 6) is 0. The van der Waals surface area contributed by atoms with Crippen LogP contribution >= 0.6 is 11.8 Å². The average molecular weight is 328 g/mol. The van der Waals surface area contributed by atoms with Crippen molar-refractivity contribution in [2.24, 2.45) is 0 Å². The van der Waals surface area contributed by atoms with E-state index in [9.17, 15) is 4.79 Å². The average Bonchev–Trinajstić information content (AvgIpc) is 3.17. The molecular formula is C22H16OS. The van der Waals surface area contributed by atoms with Crippen molar-refractivity contribution in [3.8, 4) is 0 Å². The van der Waals surface area contributed by atoms with Crippen molar-refractivity contribution in [3.63, 3.8) is 0 Å². The van der Waals surface area contributed by atoms with E-state index < -0.39 is 5.41 Å². The lowest BCUT2D eigenvalue weighted by atomic mass is 9.78. The second-order valence-corrected chi connectivity index (χ2v) is 7.29. The van der Waals surface area contributed by atoms with Crippen molar-refractivity contribution >= 4 is 44.5 Å². The smallest absolute Gasteiger partial charge is 0.203 e. The molecule has 5 rings (SSSR count). The summed E-state index contributed by atoms with van der Waals surface area (Å²) in [5.41, 5.74) is 3.08. The highest BCUT2D eigenvalue weighted by molar-refractivity contribution is 8.13. The van der Waals surface area contributed by atoms with E-state index in [4.69, 9.17) is 0 Å². The van der Waals surface area contributed by atoms with E-state index in [1.807, 2.05) is 6.26 Å². The first-order valence-corrected chi connectivity index (χ1v) is 9.40. The number of benzene rings is 3. The molecule has 3 aromatic rings.